The first-order chi connectivity index (χ1) is 13.3. The standard InChI is InChI=1S/C20H23NO5S2/c1-14-12-21(13-15(2)25-14)28(23,24)19-10-4-16(5-11-19)20(22)26-17-6-8-18(27-3)9-7-17/h4-11,14-15H,12-13H2,1-3H3/t14-,15-/m0/s1. The lowest BCUT2D eigenvalue weighted by Crippen LogP contribution is -2.48. The van der Waals surface area contributed by atoms with E-state index in [2.05, 4.69) is 0 Å². The van der Waals surface area contributed by atoms with Crippen molar-refractivity contribution in [3.63, 3.8) is 0 Å². The van der Waals surface area contributed by atoms with E-state index in [1.165, 1.54) is 28.6 Å². The van der Waals surface area contributed by atoms with E-state index >= 15 is 0 Å². The van der Waals surface area contributed by atoms with E-state index in [-0.39, 0.29) is 22.7 Å². The minimum atomic E-state index is -3.64. The number of benzene rings is 2. The van der Waals surface area contributed by atoms with Crippen LogP contribution in [0.15, 0.2) is 58.3 Å². The second-order valence-corrected chi connectivity index (χ2v) is 9.49. The number of ether oxygens (including phenoxy) is 2. The maximum absolute atomic E-state index is 12.9. The molecule has 150 valence electrons. The van der Waals surface area contributed by atoms with Crippen molar-refractivity contribution in [2.75, 3.05) is 19.3 Å². The van der Waals surface area contributed by atoms with Gasteiger partial charge in [-0.3, -0.25) is 0 Å². The third kappa shape index (κ3) is 4.75. The molecule has 8 heteroatoms. The van der Waals surface area contributed by atoms with Gasteiger partial charge in [0.2, 0.25) is 10.0 Å². The highest BCUT2D eigenvalue weighted by Crippen LogP contribution is 2.23. The quantitative estimate of drug-likeness (QED) is 0.418. The summed E-state index contributed by atoms with van der Waals surface area (Å²) in [4.78, 5) is 13.5. The van der Waals surface area contributed by atoms with E-state index in [1.807, 2.05) is 32.2 Å². The molecule has 6 nitrogen and oxygen atoms in total. The fourth-order valence-electron chi connectivity index (χ4n) is 3.05. The highest BCUT2D eigenvalue weighted by atomic mass is 32.2. The summed E-state index contributed by atoms with van der Waals surface area (Å²) < 4.78 is 38.1. The lowest BCUT2D eigenvalue weighted by Gasteiger charge is -2.34. The summed E-state index contributed by atoms with van der Waals surface area (Å²) in [7, 11) is -3.64. The molecule has 0 amide bonds. The van der Waals surface area contributed by atoms with Gasteiger partial charge in [-0.1, -0.05) is 0 Å². The molecule has 1 heterocycles. The van der Waals surface area contributed by atoms with Gasteiger partial charge in [-0.2, -0.15) is 4.31 Å². The number of esters is 1. The van der Waals surface area contributed by atoms with Crippen LogP contribution < -0.4 is 4.74 Å². The van der Waals surface area contributed by atoms with E-state index in [4.69, 9.17) is 9.47 Å². The lowest BCUT2D eigenvalue weighted by atomic mass is 10.2. The Kier molecular flexibility index (Phi) is 6.44. The van der Waals surface area contributed by atoms with Crippen LogP contribution in [0.1, 0.15) is 24.2 Å². The van der Waals surface area contributed by atoms with Crippen LogP contribution in [0.2, 0.25) is 0 Å². The Morgan fingerprint density at radius 3 is 2.14 bits per heavy atom. The second-order valence-electron chi connectivity index (χ2n) is 6.67. The average molecular weight is 422 g/mol. The summed E-state index contributed by atoms with van der Waals surface area (Å²) in [6.07, 6.45) is 1.64. The van der Waals surface area contributed by atoms with Crippen LogP contribution in [0, 0.1) is 0 Å². The zero-order valence-electron chi connectivity index (χ0n) is 16.0. The van der Waals surface area contributed by atoms with Crippen LogP contribution in [0.5, 0.6) is 5.75 Å². The Morgan fingerprint density at radius 1 is 1.04 bits per heavy atom. The first kappa shape index (κ1) is 20.9. The molecule has 2 aromatic rings. The van der Waals surface area contributed by atoms with E-state index in [9.17, 15) is 13.2 Å². The third-order valence-electron chi connectivity index (χ3n) is 4.38. The van der Waals surface area contributed by atoms with Crippen LogP contribution in [-0.4, -0.2) is 50.2 Å². The molecule has 2 atom stereocenters. The molecule has 3 rings (SSSR count). The van der Waals surface area contributed by atoms with Crippen LogP contribution >= 0.6 is 11.8 Å². The molecule has 0 bridgehead atoms. The fraction of sp³-hybridized carbons (Fsp3) is 0.350. The lowest BCUT2D eigenvalue weighted by molar-refractivity contribution is -0.0440. The summed E-state index contributed by atoms with van der Waals surface area (Å²) in [6, 6.07) is 13.0. The predicted octanol–water partition coefficient (Wildman–Crippen LogP) is 3.43. The van der Waals surface area contributed by atoms with Gasteiger partial charge in [0.25, 0.3) is 0 Å². The molecule has 0 radical (unpaired) electrons. The second kappa shape index (κ2) is 8.65. The summed E-state index contributed by atoms with van der Waals surface area (Å²) in [5, 5.41) is 0. The number of thioether (sulfide) groups is 1. The fourth-order valence-corrected chi connectivity index (χ4v) is 5.05. The van der Waals surface area contributed by atoms with Crippen LogP contribution in [-0.2, 0) is 14.8 Å². The highest BCUT2D eigenvalue weighted by Gasteiger charge is 2.32. The summed E-state index contributed by atoms with van der Waals surface area (Å²) in [5.74, 6) is -0.0924. The number of sulfonamides is 1. The number of morpholine rings is 1. The highest BCUT2D eigenvalue weighted by molar-refractivity contribution is 7.98. The topological polar surface area (TPSA) is 72.9 Å². The Morgan fingerprint density at radius 2 is 1.61 bits per heavy atom. The van der Waals surface area contributed by atoms with E-state index in [0.717, 1.165) is 4.90 Å². The number of carbonyl (C=O) groups is 1. The van der Waals surface area contributed by atoms with Gasteiger partial charge < -0.3 is 9.47 Å². The monoisotopic (exact) mass is 421 g/mol. The van der Waals surface area contributed by atoms with E-state index < -0.39 is 16.0 Å². The maximum Gasteiger partial charge on any atom is 0.343 e. The minimum absolute atomic E-state index is 0.148. The number of hydrogen-bond acceptors (Lipinski definition) is 6. The normalized spacial score (nSPS) is 20.7. The zero-order valence-corrected chi connectivity index (χ0v) is 17.6. The van der Waals surface area contributed by atoms with Crippen molar-refractivity contribution >= 4 is 27.8 Å². The minimum Gasteiger partial charge on any atom is -0.423 e. The van der Waals surface area contributed by atoms with Crippen LogP contribution in [0.25, 0.3) is 0 Å². The van der Waals surface area contributed by atoms with Crippen LogP contribution in [0.4, 0.5) is 0 Å². The van der Waals surface area contributed by atoms with Crippen molar-refractivity contribution in [3.05, 3.63) is 54.1 Å². The van der Waals surface area contributed by atoms with Crippen molar-refractivity contribution in [2.45, 2.75) is 35.8 Å². The van der Waals surface area contributed by atoms with Gasteiger partial charge in [-0.05, 0) is 68.6 Å². The van der Waals surface area contributed by atoms with Gasteiger partial charge >= 0.3 is 5.97 Å². The molecule has 2 aromatic carbocycles. The molecule has 0 saturated carbocycles. The summed E-state index contributed by atoms with van der Waals surface area (Å²) in [6.45, 7) is 4.32. The van der Waals surface area contributed by atoms with Gasteiger partial charge in [0.15, 0.2) is 0 Å². The molecule has 0 unspecified atom stereocenters. The first-order valence-corrected chi connectivity index (χ1v) is 11.6. The SMILES string of the molecule is CSc1ccc(OC(=O)c2ccc(S(=O)(=O)N3C[C@H](C)O[C@@H](C)C3)cc2)cc1. The Balaban J connectivity index is 1.72. The zero-order chi connectivity index (χ0) is 20.3. The first-order valence-electron chi connectivity index (χ1n) is 8.91. The van der Waals surface area contributed by atoms with Gasteiger partial charge in [-0.15, -0.1) is 11.8 Å². The van der Waals surface area contributed by atoms with Gasteiger partial charge in [0.05, 0.1) is 22.7 Å². The number of carbonyl (C=O) groups excluding carboxylic acids is 1. The number of nitrogens with zero attached hydrogens (tertiary/aromatic N) is 1. The summed E-state index contributed by atoms with van der Waals surface area (Å²) >= 11 is 1.60. The van der Waals surface area contributed by atoms with Crippen molar-refractivity contribution in [3.8, 4) is 5.75 Å². The van der Waals surface area contributed by atoms with Gasteiger partial charge in [0.1, 0.15) is 5.75 Å². The number of rotatable bonds is 5. The van der Waals surface area contributed by atoms with Gasteiger partial charge in [0, 0.05) is 18.0 Å². The van der Waals surface area contributed by atoms with Crippen molar-refractivity contribution in [1.82, 2.24) is 4.31 Å². The summed E-state index contributed by atoms with van der Waals surface area (Å²) in [5.41, 5.74) is 0.289. The molecule has 1 saturated heterocycles. The molecule has 0 N–H and O–H groups in total. The largest absolute Gasteiger partial charge is 0.423 e. The predicted molar refractivity (Wildman–Crippen MR) is 108 cm³/mol. The molecule has 1 aliphatic rings. The third-order valence-corrected chi connectivity index (χ3v) is 6.97. The van der Waals surface area contributed by atoms with E-state index in [1.54, 1.807) is 23.9 Å². The Hall–Kier alpha value is -1.87. The molecule has 0 aromatic heterocycles. The van der Waals surface area contributed by atoms with Crippen LogP contribution in [0.3, 0.4) is 0 Å². The molecular formula is C20H23NO5S2. The molecule has 0 aliphatic carbocycles. The maximum atomic E-state index is 12.9. The van der Waals surface area contributed by atoms with E-state index in [0.29, 0.717) is 18.8 Å². The number of hydrogen-bond donors (Lipinski definition) is 0. The average Bonchev–Trinajstić information content (AvgIpc) is 2.68. The van der Waals surface area contributed by atoms with Crippen molar-refractivity contribution < 1.29 is 22.7 Å². The molecule has 28 heavy (non-hydrogen) atoms. The van der Waals surface area contributed by atoms with Gasteiger partial charge in [-0.25, -0.2) is 13.2 Å². The Labute approximate surface area is 169 Å². The molecule has 1 aliphatic heterocycles. The van der Waals surface area contributed by atoms with Crippen molar-refractivity contribution in [2.24, 2.45) is 0 Å². The Bertz CT molecular complexity index is 916. The van der Waals surface area contributed by atoms with Crippen molar-refractivity contribution in [1.29, 1.82) is 0 Å². The molecular weight excluding hydrogens is 398 g/mol. The molecule has 0 spiro atoms. The molecule has 1 fully saturated rings. The smallest absolute Gasteiger partial charge is 0.343 e.